The molecule has 7 heteroatoms. The van der Waals surface area contributed by atoms with Gasteiger partial charge in [-0.2, -0.15) is 10.1 Å². The van der Waals surface area contributed by atoms with Crippen LogP contribution in [-0.2, 0) is 11.2 Å². The van der Waals surface area contributed by atoms with Gasteiger partial charge in [0, 0.05) is 44.9 Å². The topological polar surface area (TPSA) is 66.6 Å². The molecule has 2 saturated heterocycles. The first kappa shape index (κ1) is 18.2. The summed E-state index contributed by atoms with van der Waals surface area (Å²) in [7, 11) is 0. The molecular formula is C22H26N6O. The number of benzene rings is 1. The van der Waals surface area contributed by atoms with Crippen LogP contribution in [0.3, 0.4) is 0 Å². The van der Waals surface area contributed by atoms with Gasteiger partial charge >= 0.3 is 0 Å². The van der Waals surface area contributed by atoms with E-state index in [4.69, 9.17) is 0 Å². The number of hydrogen-bond donors (Lipinski definition) is 0. The summed E-state index contributed by atoms with van der Waals surface area (Å²) in [6.45, 7) is 5.80. The lowest BCUT2D eigenvalue weighted by Crippen LogP contribution is -2.34. The number of hydrogen-bond acceptors (Lipinski definition) is 5. The summed E-state index contributed by atoms with van der Waals surface area (Å²) in [5, 5.41) is 4.16. The molecule has 29 heavy (non-hydrogen) atoms. The fourth-order valence-electron chi connectivity index (χ4n) is 5.12. The van der Waals surface area contributed by atoms with E-state index < -0.39 is 0 Å². The zero-order valence-corrected chi connectivity index (χ0v) is 16.7. The highest BCUT2D eigenvalue weighted by atomic mass is 16.2. The van der Waals surface area contributed by atoms with Crippen LogP contribution in [0.2, 0.25) is 0 Å². The molecule has 3 aromatic rings. The Bertz CT molecular complexity index is 1000. The summed E-state index contributed by atoms with van der Waals surface area (Å²) >= 11 is 0. The van der Waals surface area contributed by atoms with Crippen molar-refractivity contribution in [2.24, 2.45) is 11.8 Å². The van der Waals surface area contributed by atoms with Crippen LogP contribution in [0.25, 0.3) is 5.78 Å². The van der Waals surface area contributed by atoms with Crippen LogP contribution in [0.1, 0.15) is 30.5 Å². The molecule has 2 aliphatic rings. The van der Waals surface area contributed by atoms with Crippen LogP contribution in [0, 0.1) is 11.8 Å². The third kappa shape index (κ3) is 3.51. The summed E-state index contributed by atoms with van der Waals surface area (Å²) in [6.07, 6.45) is 7.52. The van der Waals surface area contributed by atoms with Crippen molar-refractivity contribution in [1.82, 2.24) is 29.4 Å². The maximum absolute atomic E-state index is 12.2. The van der Waals surface area contributed by atoms with Gasteiger partial charge in [-0.1, -0.05) is 30.3 Å². The Balaban J connectivity index is 1.22. The van der Waals surface area contributed by atoms with E-state index >= 15 is 0 Å². The van der Waals surface area contributed by atoms with E-state index in [1.807, 2.05) is 18.5 Å². The second-order valence-electron chi connectivity index (χ2n) is 8.28. The molecule has 0 N–H and O–H groups in total. The minimum Gasteiger partial charge on any atom is -0.335 e. The number of fused-ring (bicyclic) bond motifs is 2. The molecule has 2 aromatic heterocycles. The van der Waals surface area contributed by atoms with E-state index in [0.29, 0.717) is 17.6 Å². The molecule has 2 fully saturated rings. The Morgan fingerprint density at radius 1 is 1.14 bits per heavy atom. The second-order valence-corrected chi connectivity index (χ2v) is 8.28. The maximum Gasteiger partial charge on any atom is 0.252 e. The van der Waals surface area contributed by atoms with Crippen molar-refractivity contribution in [3.05, 3.63) is 60.2 Å². The van der Waals surface area contributed by atoms with Gasteiger partial charge in [-0.15, -0.1) is 0 Å². The maximum atomic E-state index is 12.2. The molecule has 0 bridgehead atoms. The smallest absolute Gasteiger partial charge is 0.252 e. The quantitative estimate of drug-likeness (QED) is 0.668. The van der Waals surface area contributed by atoms with Gasteiger partial charge in [-0.3, -0.25) is 4.79 Å². The molecule has 1 aromatic carbocycles. The zero-order chi connectivity index (χ0) is 19.8. The van der Waals surface area contributed by atoms with E-state index in [2.05, 4.69) is 49.1 Å². The van der Waals surface area contributed by atoms with Gasteiger partial charge in [0.25, 0.3) is 5.78 Å². The largest absolute Gasteiger partial charge is 0.335 e. The van der Waals surface area contributed by atoms with Crippen LogP contribution < -0.4 is 0 Å². The molecule has 0 aliphatic carbocycles. The first-order valence-electron chi connectivity index (χ1n) is 10.4. The molecule has 7 nitrogen and oxygen atoms in total. The number of carbonyl (C=O) groups excluding carboxylic acids is 1. The number of amides is 1. The van der Waals surface area contributed by atoms with E-state index in [1.54, 1.807) is 11.4 Å². The fourth-order valence-corrected chi connectivity index (χ4v) is 5.12. The van der Waals surface area contributed by atoms with E-state index in [0.717, 1.165) is 39.0 Å². The summed E-state index contributed by atoms with van der Waals surface area (Å²) in [4.78, 5) is 25.3. The molecular weight excluding hydrogens is 364 g/mol. The Morgan fingerprint density at radius 2 is 2.00 bits per heavy atom. The van der Waals surface area contributed by atoms with Gasteiger partial charge in [0.1, 0.15) is 6.33 Å². The predicted molar refractivity (Wildman–Crippen MR) is 109 cm³/mol. The minimum absolute atomic E-state index is 0.191. The molecule has 0 spiro atoms. The van der Waals surface area contributed by atoms with Crippen molar-refractivity contribution in [3.63, 3.8) is 0 Å². The van der Waals surface area contributed by atoms with Gasteiger partial charge in [0.2, 0.25) is 5.91 Å². The van der Waals surface area contributed by atoms with Gasteiger partial charge < -0.3 is 9.80 Å². The third-order valence-corrected chi connectivity index (χ3v) is 6.41. The average molecular weight is 390 g/mol. The van der Waals surface area contributed by atoms with E-state index in [-0.39, 0.29) is 11.9 Å². The standard InChI is InChI=1S/C22H26N6O/c1-16(29)27-13-19-12-26(14-20(19)21(27)18-7-3-2-4-8-18)9-5-6-17-10-23-22-24-15-25-28(22)11-17/h2-4,7-8,10-11,15,19-21H,5-6,9,12-14H2,1H3/t19-,20-,21-/m1/s1. The van der Waals surface area contributed by atoms with Gasteiger partial charge in [0.15, 0.2) is 0 Å². The molecule has 2 aliphatic heterocycles. The number of nitrogens with zero attached hydrogens (tertiary/aromatic N) is 6. The highest BCUT2D eigenvalue weighted by molar-refractivity contribution is 5.74. The number of likely N-dealkylation sites (tertiary alicyclic amines) is 2. The molecule has 5 rings (SSSR count). The van der Waals surface area contributed by atoms with Crippen LogP contribution in [0.5, 0.6) is 0 Å². The minimum atomic E-state index is 0.191. The van der Waals surface area contributed by atoms with Crippen molar-refractivity contribution in [1.29, 1.82) is 0 Å². The van der Waals surface area contributed by atoms with Crippen molar-refractivity contribution >= 4 is 11.7 Å². The van der Waals surface area contributed by atoms with Crippen molar-refractivity contribution < 1.29 is 4.79 Å². The zero-order valence-electron chi connectivity index (χ0n) is 16.7. The third-order valence-electron chi connectivity index (χ3n) is 6.41. The highest BCUT2D eigenvalue weighted by Gasteiger charge is 2.48. The lowest BCUT2D eigenvalue weighted by Gasteiger charge is -2.29. The summed E-state index contributed by atoms with van der Waals surface area (Å²) in [6, 6.07) is 10.7. The molecule has 0 radical (unpaired) electrons. The lowest BCUT2D eigenvalue weighted by atomic mass is 9.89. The molecule has 1 amide bonds. The Morgan fingerprint density at radius 3 is 2.83 bits per heavy atom. The highest BCUT2D eigenvalue weighted by Crippen LogP contribution is 2.44. The fraction of sp³-hybridized carbons (Fsp3) is 0.455. The van der Waals surface area contributed by atoms with Crippen molar-refractivity contribution in [3.8, 4) is 0 Å². The molecule has 0 saturated carbocycles. The van der Waals surface area contributed by atoms with Gasteiger partial charge in [0.05, 0.1) is 6.04 Å². The average Bonchev–Trinajstić information content (AvgIpc) is 3.42. The summed E-state index contributed by atoms with van der Waals surface area (Å²) < 4.78 is 1.73. The Hall–Kier alpha value is -2.80. The second kappa shape index (κ2) is 7.55. The van der Waals surface area contributed by atoms with Crippen LogP contribution in [-0.4, -0.2) is 61.5 Å². The Labute approximate surface area is 170 Å². The van der Waals surface area contributed by atoms with Crippen LogP contribution >= 0.6 is 0 Å². The predicted octanol–water partition coefficient (Wildman–Crippen LogP) is 2.21. The van der Waals surface area contributed by atoms with Gasteiger partial charge in [-0.25, -0.2) is 9.50 Å². The molecule has 150 valence electrons. The monoisotopic (exact) mass is 390 g/mol. The van der Waals surface area contributed by atoms with E-state index in [9.17, 15) is 4.79 Å². The first-order chi connectivity index (χ1) is 14.2. The Kier molecular flexibility index (Phi) is 4.75. The molecule has 0 unspecified atom stereocenters. The normalized spacial score (nSPS) is 24.3. The van der Waals surface area contributed by atoms with Crippen molar-refractivity contribution in [2.75, 3.05) is 26.2 Å². The number of aryl methyl sites for hydroxylation is 1. The van der Waals surface area contributed by atoms with Gasteiger partial charge in [-0.05, 0) is 36.4 Å². The first-order valence-corrected chi connectivity index (χ1v) is 10.4. The summed E-state index contributed by atoms with van der Waals surface area (Å²) in [5.41, 5.74) is 2.46. The summed E-state index contributed by atoms with van der Waals surface area (Å²) in [5.74, 6) is 1.92. The van der Waals surface area contributed by atoms with Crippen LogP contribution in [0.15, 0.2) is 49.1 Å². The van der Waals surface area contributed by atoms with E-state index in [1.165, 1.54) is 17.5 Å². The van der Waals surface area contributed by atoms with Crippen LogP contribution in [0.4, 0.5) is 0 Å². The molecule has 4 heterocycles. The van der Waals surface area contributed by atoms with Crippen molar-refractivity contribution in [2.45, 2.75) is 25.8 Å². The number of carbonyl (C=O) groups is 1. The lowest BCUT2D eigenvalue weighted by molar-refractivity contribution is -0.130. The number of rotatable bonds is 5. The SMILES string of the molecule is CC(=O)N1C[C@H]2CN(CCCc3cnc4ncnn4c3)C[C@H]2[C@H]1c1ccccc1. The molecule has 3 atom stereocenters. The number of aromatic nitrogens is 4.